The molecule has 3 N–H and O–H groups in total. The number of guanidine groups is 1. The zero-order valence-electron chi connectivity index (χ0n) is 15.4. The number of nitrogens with one attached hydrogen (secondary N) is 1. The van der Waals surface area contributed by atoms with Crippen molar-refractivity contribution in [3.8, 4) is 11.3 Å². The number of aromatic nitrogens is 3. The van der Waals surface area contributed by atoms with Crippen LogP contribution in [-0.2, 0) is 16.5 Å². The topological polar surface area (TPSA) is 100 Å². The maximum absolute atomic E-state index is 14.4. The van der Waals surface area contributed by atoms with Gasteiger partial charge in [-0.15, -0.1) is 0 Å². The van der Waals surface area contributed by atoms with Gasteiger partial charge < -0.3 is 5.73 Å². The molecule has 0 saturated heterocycles. The van der Waals surface area contributed by atoms with E-state index >= 15 is 0 Å². The standard InChI is InChI=1S/C19H14F4N6O/c1-29-16(30)18(27-17(29)24,11-4-6-25-15(9-11)19(21,22)23)10-2-3-13(20)12(8-10)14-5-7-26-28-14/h2-9H,1H3,(H2,24,27)(H,26,28). The van der Waals surface area contributed by atoms with E-state index in [0.29, 0.717) is 0 Å². The molecule has 7 nitrogen and oxygen atoms in total. The molecule has 0 aliphatic carbocycles. The average molecular weight is 418 g/mol. The van der Waals surface area contributed by atoms with Crippen LogP contribution in [0, 0.1) is 5.82 Å². The number of hydrogen-bond acceptors (Lipinski definition) is 5. The van der Waals surface area contributed by atoms with Gasteiger partial charge in [0.25, 0.3) is 5.91 Å². The first-order valence-electron chi connectivity index (χ1n) is 8.62. The second-order valence-corrected chi connectivity index (χ2v) is 6.63. The third-order valence-corrected chi connectivity index (χ3v) is 4.87. The molecule has 11 heteroatoms. The Morgan fingerprint density at radius 1 is 1.13 bits per heavy atom. The number of rotatable bonds is 3. The molecule has 0 saturated carbocycles. The van der Waals surface area contributed by atoms with Crippen molar-refractivity contribution < 1.29 is 22.4 Å². The number of halogens is 4. The first-order chi connectivity index (χ1) is 14.1. The highest BCUT2D eigenvalue weighted by Crippen LogP contribution is 2.42. The maximum Gasteiger partial charge on any atom is 0.433 e. The van der Waals surface area contributed by atoms with Crippen LogP contribution in [0.15, 0.2) is 53.8 Å². The number of carbonyl (C=O) groups is 1. The minimum Gasteiger partial charge on any atom is -0.369 e. The highest BCUT2D eigenvalue weighted by Gasteiger charge is 2.50. The Bertz CT molecular complexity index is 1160. The molecule has 1 amide bonds. The summed E-state index contributed by atoms with van der Waals surface area (Å²) in [6, 6.07) is 7.22. The molecule has 1 aliphatic rings. The first kappa shape index (κ1) is 19.6. The SMILES string of the molecule is CN1C(=O)C(c2ccnc(C(F)(F)F)c2)(c2ccc(F)c(-c3cc[nH]n3)c2)N=C1N. The Labute approximate surface area is 167 Å². The van der Waals surface area contributed by atoms with Crippen LogP contribution in [0.5, 0.6) is 0 Å². The van der Waals surface area contributed by atoms with Crippen LogP contribution < -0.4 is 5.73 Å². The zero-order valence-corrected chi connectivity index (χ0v) is 15.4. The van der Waals surface area contributed by atoms with Crippen molar-refractivity contribution in [2.45, 2.75) is 11.7 Å². The number of hydrogen-bond donors (Lipinski definition) is 2. The van der Waals surface area contributed by atoms with E-state index in [0.717, 1.165) is 23.2 Å². The van der Waals surface area contributed by atoms with Crippen molar-refractivity contribution in [1.29, 1.82) is 0 Å². The Morgan fingerprint density at radius 3 is 2.47 bits per heavy atom. The largest absolute Gasteiger partial charge is 0.433 e. The van der Waals surface area contributed by atoms with Gasteiger partial charge in [-0.2, -0.15) is 18.3 Å². The van der Waals surface area contributed by atoms with Crippen LogP contribution in [0.3, 0.4) is 0 Å². The smallest absolute Gasteiger partial charge is 0.369 e. The lowest BCUT2D eigenvalue weighted by Crippen LogP contribution is -2.41. The quantitative estimate of drug-likeness (QED) is 0.639. The number of alkyl halides is 3. The van der Waals surface area contributed by atoms with Gasteiger partial charge in [0, 0.05) is 25.0 Å². The molecule has 154 valence electrons. The van der Waals surface area contributed by atoms with Crippen LogP contribution in [0.4, 0.5) is 17.6 Å². The molecule has 0 bridgehead atoms. The fraction of sp³-hybridized carbons (Fsp3) is 0.158. The lowest BCUT2D eigenvalue weighted by molar-refractivity contribution is -0.141. The van der Waals surface area contributed by atoms with Gasteiger partial charge in [0.1, 0.15) is 11.5 Å². The summed E-state index contributed by atoms with van der Waals surface area (Å²) in [5.74, 6) is -1.49. The van der Waals surface area contributed by atoms with Gasteiger partial charge in [-0.3, -0.25) is 19.8 Å². The Morgan fingerprint density at radius 2 is 1.87 bits per heavy atom. The van der Waals surface area contributed by atoms with Gasteiger partial charge in [-0.05, 0) is 41.5 Å². The number of benzene rings is 1. The number of H-pyrrole nitrogens is 1. The van der Waals surface area contributed by atoms with E-state index in [-0.39, 0.29) is 28.3 Å². The second kappa shape index (κ2) is 6.65. The van der Waals surface area contributed by atoms with Crippen LogP contribution in [0.25, 0.3) is 11.3 Å². The van der Waals surface area contributed by atoms with Gasteiger partial charge in [0.15, 0.2) is 11.5 Å². The average Bonchev–Trinajstić information content (AvgIpc) is 3.32. The molecule has 30 heavy (non-hydrogen) atoms. The summed E-state index contributed by atoms with van der Waals surface area (Å²) >= 11 is 0. The van der Waals surface area contributed by atoms with Crippen LogP contribution in [0.1, 0.15) is 16.8 Å². The van der Waals surface area contributed by atoms with Crippen molar-refractivity contribution in [2.75, 3.05) is 7.05 Å². The Hall–Kier alpha value is -3.76. The minimum absolute atomic E-state index is 0.0503. The zero-order chi connectivity index (χ0) is 21.7. The van der Waals surface area contributed by atoms with Gasteiger partial charge >= 0.3 is 6.18 Å². The Balaban J connectivity index is 1.99. The first-order valence-corrected chi connectivity index (χ1v) is 8.62. The van der Waals surface area contributed by atoms with Crippen molar-refractivity contribution in [2.24, 2.45) is 10.7 Å². The number of carbonyl (C=O) groups excluding carboxylic acids is 1. The molecule has 1 atom stereocenters. The molecule has 1 unspecified atom stereocenters. The van der Waals surface area contributed by atoms with E-state index in [9.17, 15) is 22.4 Å². The van der Waals surface area contributed by atoms with Crippen molar-refractivity contribution in [3.63, 3.8) is 0 Å². The number of likely N-dealkylation sites (N-methyl/N-ethyl adjacent to an activating group) is 1. The van der Waals surface area contributed by atoms with Gasteiger partial charge in [0.05, 0.1) is 5.69 Å². The third kappa shape index (κ3) is 2.90. The predicted molar refractivity (Wildman–Crippen MR) is 98.4 cm³/mol. The number of nitrogens with two attached hydrogens (primary N) is 1. The van der Waals surface area contributed by atoms with E-state index in [1.54, 1.807) is 0 Å². The summed E-state index contributed by atoms with van der Waals surface area (Å²) in [6.07, 6.45) is -2.31. The summed E-state index contributed by atoms with van der Waals surface area (Å²) < 4.78 is 54.2. The van der Waals surface area contributed by atoms with E-state index in [1.807, 2.05) is 0 Å². The summed E-state index contributed by atoms with van der Waals surface area (Å²) in [4.78, 5) is 21.8. The summed E-state index contributed by atoms with van der Waals surface area (Å²) in [7, 11) is 1.35. The fourth-order valence-corrected chi connectivity index (χ4v) is 3.35. The van der Waals surface area contributed by atoms with Crippen LogP contribution in [-0.4, -0.2) is 39.0 Å². The fourth-order valence-electron chi connectivity index (χ4n) is 3.35. The minimum atomic E-state index is -4.73. The predicted octanol–water partition coefficient (Wildman–Crippen LogP) is 2.66. The van der Waals surface area contributed by atoms with E-state index in [2.05, 4.69) is 20.2 Å². The number of amides is 1. The van der Waals surface area contributed by atoms with Gasteiger partial charge in [-0.1, -0.05) is 6.07 Å². The monoisotopic (exact) mass is 418 g/mol. The molecule has 0 fully saturated rings. The summed E-state index contributed by atoms with van der Waals surface area (Å²) in [5.41, 5.74) is 3.06. The number of aliphatic imine (C=N–C) groups is 1. The normalized spacial score (nSPS) is 19.3. The summed E-state index contributed by atoms with van der Waals surface area (Å²) in [5, 5.41) is 6.49. The third-order valence-electron chi connectivity index (χ3n) is 4.87. The molecule has 4 rings (SSSR count). The molecular formula is C19H14F4N6O. The molecule has 3 heterocycles. The molecule has 0 radical (unpaired) electrons. The van der Waals surface area contributed by atoms with E-state index in [4.69, 9.17) is 5.73 Å². The molecule has 0 spiro atoms. The van der Waals surface area contributed by atoms with Crippen LogP contribution in [0.2, 0.25) is 0 Å². The Kier molecular flexibility index (Phi) is 4.33. The van der Waals surface area contributed by atoms with Crippen molar-refractivity contribution in [1.82, 2.24) is 20.1 Å². The lowest BCUT2D eigenvalue weighted by atomic mass is 9.82. The second-order valence-electron chi connectivity index (χ2n) is 6.63. The maximum atomic E-state index is 14.4. The van der Waals surface area contributed by atoms with Gasteiger partial charge in [0.2, 0.25) is 0 Å². The molecule has 2 aromatic heterocycles. The van der Waals surface area contributed by atoms with E-state index in [1.165, 1.54) is 37.5 Å². The van der Waals surface area contributed by atoms with Crippen molar-refractivity contribution in [3.05, 3.63) is 71.4 Å². The molecule has 3 aromatic rings. The number of nitrogens with zero attached hydrogens (tertiary/aromatic N) is 4. The number of pyridine rings is 1. The molecular weight excluding hydrogens is 404 g/mol. The molecule has 1 aromatic carbocycles. The lowest BCUT2D eigenvalue weighted by Gasteiger charge is -2.27. The van der Waals surface area contributed by atoms with Gasteiger partial charge in [-0.25, -0.2) is 9.38 Å². The molecule has 1 aliphatic heterocycles. The highest BCUT2D eigenvalue weighted by atomic mass is 19.4. The van der Waals surface area contributed by atoms with Crippen molar-refractivity contribution >= 4 is 11.9 Å². The summed E-state index contributed by atoms with van der Waals surface area (Å²) in [6.45, 7) is 0. The highest BCUT2D eigenvalue weighted by molar-refractivity contribution is 6.09. The number of aromatic amines is 1. The van der Waals surface area contributed by atoms with E-state index < -0.39 is 29.1 Å². The van der Waals surface area contributed by atoms with Crippen LogP contribution >= 0.6 is 0 Å².